The summed E-state index contributed by atoms with van der Waals surface area (Å²) in [4.78, 5) is 14.4. The van der Waals surface area contributed by atoms with Crippen molar-refractivity contribution in [1.29, 1.82) is 0 Å². The van der Waals surface area contributed by atoms with Crippen molar-refractivity contribution in [3.63, 3.8) is 0 Å². The Kier molecular flexibility index (Phi) is 5.65. The van der Waals surface area contributed by atoms with E-state index < -0.39 is 5.41 Å². The molecular formula is C13H24N2O2. The van der Waals surface area contributed by atoms with Crippen LogP contribution < -0.4 is 5.73 Å². The minimum atomic E-state index is -0.406. The average molecular weight is 240 g/mol. The number of rotatable bonds is 6. The molecule has 1 aliphatic heterocycles. The van der Waals surface area contributed by atoms with Gasteiger partial charge in [0.25, 0.3) is 0 Å². The molecule has 0 unspecified atom stereocenters. The van der Waals surface area contributed by atoms with Gasteiger partial charge < -0.3 is 15.4 Å². The van der Waals surface area contributed by atoms with Gasteiger partial charge in [-0.2, -0.15) is 0 Å². The van der Waals surface area contributed by atoms with Crippen molar-refractivity contribution >= 4 is 5.91 Å². The fraction of sp³-hybridized carbons (Fsp3) is 0.769. The summed E-state index contributed by atoms with van der Waals surface area (Å²) in [6.45, 7) is 8.84. The Labute approximate surface area is 104 Å². The number of hydrogen-bond acceptors (Lipinski definition) is 3. The first-order chi connectivity index (χ1) is 8.20. The Balaban J connectivity index is 2.77. The molecule has 2 N–H and O–H groups in total. The van der Waals surface area contributed by atoms with Gasteiger partial charge in [-0.1, -0.05) is 13.0 Å². The Hall–Kier alpha value is -0.870. The van der Waals surface area contributed by atoms with E-state index >= 15 is 0 Å². The van der Waals surface area contributed by atoms with E-state index in [2.05, 4.69) is 13.5 Å². The van der Waals surface area contributed by atoms with E-state index in [1.165, 1.54) is 0 Å². The molecule has 1 aliphatic rings. The number of carbonyl (C=O) groups is 1. The van der Waals surface area contributed by atoms with E-state index in [0.717, 1.165) is 25.8 Å². The summed E-state index contributed by atoms with van der Waals surface area (Å²) in [6.07, 6.45) is 4.20. The normalized spacial score (nSPS) is 18.7. The van der Waals surface area contributed by atoms with Gasteiger partial charge in [0, 0.05) is 32.8 Å². The lowest BCUT2D eigenvalue weighted by Gasteiger charge is -2.38. The molecule has 1 amide bonds. The largest absolute Gasteiger partial charge is 0.381 e. The van der Waals surface area contributed by atoms with Crippen molar-refractivity contribution < 1.29 is 9.53 Å². The topological polar surface area (TPSA) is 55.6 Å². The van der Waals surface area contributed by atoms with Crippen LogP contribution >= 0.6 is 0 Å². The van der Waals surface area contributed by atoms with Crippen LogP contribution in [0.1, 0.15) is 26.2 Å². The lowest BCUT2D eigenvalue weighted by atomic mass is 9.79. The summed E-state index contributed by atoms with van der Waals surface area (Å²) in [5, 5.41) is 0. The Morgan fingerprint density at radius 2 is 2.18 bits per heavy atom. The summed E-state index contributed by atoms with van der Waals surface area (Å²) in [5.74, 6) is 0.171. The molecule has 1 saturated heterocycles. The molecule has 0 aliphatic carbocycles. The predicted molar refractivity (Wildman–Crippen MR) is 68.6 cm³/mol. The number of ether oxygens (including phenoxy) is 1. The number of amides is 1. The highest BCUT2D eigenvalue weighted by Gasteiger charge is 2.40. The van der Waals surface area contributed by atoms with Gasteiger partial charge in [0.05, 0.1) is 5.41 Å². The van der Waals surface area contributed by atoms with E-state index in [9.17, 15) is 4.79 Å². The molecule has 0 atom stereocenters. The van der Waals surface area contributed by atoms with Crippen LogP contribution in [0, 0.1) is 5.41 Å². The zero-order valence-corrected chi connectivity index (χ0v) is 10.8. The Bertz CT molecular complexity index is 260. The molecule has 1 rings (SSSR count). The van der Waals surface area contributed by atoms with E-state index in [-0.39, 0.29) is 5.91 Å². The Morgan fingerprint density at radius 3 is 2.65 bits per heavy atom. The first-order valence-corrected chi connectivity index (χ1v) is 6.38. The van der Waals surface area contributed by atoms with Crippen LogP contribution in [0.25, 0.3) is 0 Å². The molecular weight excluding hydrogens is 216 g/mol. The molecule has 0 saturated carbocycles. The highest BCUT2D eigenvalue weighted by Crippen LogP contribution is 2.31. The first kappa shape index (κ1) is 14.2. The zero-order valence-electron chi connectivity index (χ0n) is 10.8. The van der Waals surface area contributed by atoms with Crippen LogP contribution in [-0.4, -0.2) is 43.7 Å². The van der Waals surface area contributed by atoms with Crippen LogP contribution in [0.15, 0.2) is 12.7 Å². The molecule has 0 aromatic rings. The lowest BCUT2D eigenvalue weighted by molar-refractivity contribution is -0.146. The molecule has 0 spiro atoms. The molecule has 0 aromatic heterocycles. The highest BCUT2D eigenvalue weighted by molar-refractivity contribution is 5.83. The third kappa shape index (κ3) is 3.30. The van der Waals surface area contributed by atoms with E-state index in [1.54, 1.807) is 6.08 Å². The summed E-state index contributed by atoms with van der Waals surface area (Å²) >= 11 is 0. The van der Waals surface area contributed by atoms with E-state index in [0.29, 0.717) is 26.3 Å². The second-order valence-electron chi connectivity index (χ2n) is 4.64. The van der Waals surface area contributed by atoms with Gasteiger partial charge >= 0.3 is 0 Å². The summed E-state index contributed by atoms with van der Waals surface area (Å²) < 4.78 is 5.33. The van der Waals surface area contributed by atoms with Gasteiger partial charge in [0.2, 0.25) is 5.91 Å². The fourth-order valence-electron chi connectivity index (χ4n) is 2.30. The van der Waals surface area contributed by atoms with Crippen LogP contribution in [-0.2, 0) is 9.53 Å². The van der Waals surface area contributed by atoms with Gasteiger partial charge in [-0.25, -0.2) is 0 Å². The van der Waals surface area contributed by atoms with Crippen LogP contribution in [0.4, 0.5) is 0 Å². The lowest BCUT2D eigenvalue weighted by Crippen LogP contribution is -2.51. The highest BCUT2D eigenvalue weighted by atomic mass is 16.5. The summed E-state index contributed by atoms with van der Waals surface area (Å²) in [5.41, 5.74) is 5.43. The number of hydrogen-bond donors (Lipinski definition) is 1. The van der Waals surface area contributed by atoms with E-state index in [4.69, 9.17) is 10.5 Å². The average Bonchev–Trinajstić information content (AvgIpc) is 2.38. The van der Waals surface area contributed by atoms with Crippen molar-refractivity contribution in [2.24, 2.45) is 11.1 Å². The smallest absolute Gasteiger partial charge is 0.230 e. The Morgan fingerprint density at radius 1 is 1.53 bits per heavy atom. The van der Waals surface area contributed by atoms with Crippen molar-refractivity contribution in [3.05, 3.63) is 12.7 Å². The SMILES string of the molecule is C=CCN(CCC)C(=O)C1(CN)CCOCC1. The van der Waals surface area contributed by atoms with Crippen molar-refractivity contribution in [3.8, 4) is 0 Å². The molecule has 0 radical (unpaired) electrons. The minimum absolute atomic E-state index is 0.171. The maximum Gasteiger partial charge on any atom is 0.230 e. The maximum absolute atomic E-state index is 12.6. The molecule has 0 bridgehead atoms. The van der Waals surface area contributed by atoms with Crippen molar-refractivity contribution in [1.82, 2.24) is 4.90 Å². The van der Waals surface area contributed by atoms with Gasteiger partial charge in [0.15, 0.2) is 0 Å². The minimum Gasteiger partial charge on any atom is -0.381 e. The molecule has 1 heterocycles. The standard InChI is InChI=1S/C13H24N2O2/c1-3-7-15(8-4-2)12(16)13(11-14)5-9-17-10-6-13/h3H,1,4-11,14H2,2H3. The molecule has 4 heteroatoms. The predicted octanol–water partition coefficient (Wildman–Crippen LogP) is 1.17. The zero-order chi connectivity index (χ0) is 12.7. The van der Waals surface area contributed by atoms with Gasteiger partial charge in [-0.05, 0) is 19.3 Å². The summed E-state index contributed by atoms with van der Waals surface area (Å²) in [7, 11) is 0. The molecule has 98 valence electrons. The molecule has 0 aromatic carbocycles. The monoisotopic (exact) mass is 240 g/mol. The summed E-state index contributed by atoms with van der Waals surface area (Å²) in [6, 6.07) is 0. The number of nitrogens with two attached hydrogens (primary N) is 1. The van der Waals surface area contributed by atoms with Gasteiger partial charge in [-0.15, -0.1) is 6.58 Å². The second kappa shape index (κ2) is 6.77. The third-order valence-corrected chi connectivity index (χ3v) is 3.42. The van der Waals surface area contributed by atoms with Crippen LogP contribution in [0.2, 0.25) is 0 Å². The third-order valence-electron chi connectivity index (χ3n) is 3.42. The number of nitrogens with zero attached hydrogens (tertiary/aromatic N) is 1. The molecule has 4 nitrogen and oxygen atoms in total. The van der Waals surface area contributed by atoms with Crippen LogP contribution in [0.3, 0.4) is 0 Å². The van der Waals surface area contributed by atoms with Gasteiger partial charge in [-0.3, -0.25) is 4.79 Å². The number of carbonyl (C=O) groups excluding carboxylic acids is 1. The quantitative estimate of drug-likeness (QED) is 0.709. The maximum atomic E-state index is 12.6. The first-order valence-electron chi connectivity index (χ1n) is 6.38. The second-order valence-corrected chi connectivity index (χ2v) is 4.64. The van der Waals surface area contributed by atoms with Crippen LogP contribution in [0.5, 0.6) is 0 Å². The van der Waals surface area contributed by atoms with E-state index in [1.807, 2.05) is 4.90 Å². The van der Waals surface area contributed by atoms with Crippen molar-refractivity contribution in [2.45, 2.75) is 26.2 Å². The van der Waals surface area contributed by atoms with Crippen molar-refractivity contribution in [2.75, 3.05) is 32.8 Å². The van der Waals surface area contributed by atoms with Gasteiger partial charge in [0.1, 0.15) is 0 Å². The molecule has 1 fully saturated rings. The molecule has 17 heavy (non-hydrogen) atoms. The fourth-order valence-corrected chi connectivity index (χ4v) is 2.30.